The Bertz CT molecular complexity index is 264. The Hall–Kier alpha value is -0.810. The Morgan fingerprint density at radius 1 is 1.47 bits per heavy atom. The van der Waals surface area contributed by atoms with Gasteiger partial charge < -0.3 is 25.4 Å². The van der Waals surface area contributed by atoms with Gasteiger partial charge in [0.05, 0.1) is 6.61 Å². The maximum atomic E-state index is 10.9. The minimum absolute atomic E-state index is 0.460. The molecule has 0 aromatic heterocycles. The molecule has 9 heteroatoms. The van der Waals surface area contributed by atoms with E-state index in [1.54, 1.807) is 0 Å². The second-order valence-electron chi connectivity index (χ2n) is 3.63. The molecule has 0 radical (unpaired) electrons. The molecule has 17 heavy (non-hydrogen) atoms. The molecule has 0 bridgehead atoms. The fourth-order valence-electron chi connectivity index (χ4n) is 1.61. The van der Waals surface area contributed by atoms with Crippen molar-refractivity contribution in [2.75, 3.05) is 6.61 Å². The summed E-state index contributed by atoms with van der Waals surface area (Å²) in [7, 11) is 0. The van der Waals surface area contributed by atoms with Crippen molar-refractivity contribution in [3.8, 4) is 0 Å². The average molecular weight is 252 g/mol. The van der Waals surface area contributed by atoms with Crippen LogP contribution < -0.4 is 11.2 Å². The lowest BCUT2D eigenvalue weighted by molar-refractivity contribution is -0.414. The first kappa shape index (κ1) is 14.3. The Kier molecular flexibility index (Phi) is 5.21. The standard InChI is InChI=1S/C8H16N2O7/c1-3(12)10-5-7(14)6(13)4(2-11)15-8(5)16-17-9/h4-8,11,13-14H,2,9H2,1H3,(H,10,12)/t4-,5-,6+,7-,8-/m1/s1. The van der Waals surface area contributed by atoms with Crippen LogP contribution in [0.15, 0.2) is 0 Å². The molecule has 0 spiro atoms. The summed E-state index contributed by atoms with van der Waals surface area (Å²) in [4.78, 5) is 19.4. The van der Waals surface area contributed by atoms with Gasteiger partial charge in [-0.05, 0) is 0 Å². The van der Waals surface area contributed by atoms with Gasteiger partial charge >= 0.3 is 0 Å². The zero-order chi connectivity index (χ0) is 13.0. The first-order valence-electron chi connectivity index (χ1n) is 4.93. The zero-order valence-electron chi connectivity index (χ0n) is 9.15. The van der Waals surface area contributed by atoms with Gasteiger partial charge in [-0.15, -0.1) is 4.99 Å². The van der Waals surface area contributed by atoms with Crippen molar-refractivity contribution in [1.82, 2.24) is 5.32 Å². The lowest BCUT2D eigenvalue weighted by Crippen LogP contribution is -2.64. The van der Waals surface area contributed by atoms with Gasteiger partial charge in [0, 0.05) is 6.92 Å². The summed E-state index contributed by atoms with van der Waals surface area (Å²) in [6, 6.07) is -1.06. The predicted octanol–water partition coefficient (Wildman–Crippen LogP) is -3.25. The number of hydrogen-bond donors (Lipinski definition) is 5. The van der Waals surface area contributed by atoms with Gasteiger partial charge in [0.25, 0.3) is 0 Å². The van der Waals surface area contributed by atoms with Crippen LogP contribution in [0.25, 0.3) is 0 Å². The number of carbonyl (C=O) groups is 1. The van der Waals surface area contributed by atoms with E-state index in [0.717, 1.165) is 0 Å². The first-order chi connectivity index (χ1) is 8.01. The van der Waals surface area contributed by atoms with E-state index >= 15 is 0 Å². The van der Waals surface area contributed by atoms with E-state index in [-0.39, 0.29) is 0 Å². The van der Waals surface area contributed by atoms with Crippen LogP contribution in [0.1, 0.15) is 6.92 Å². The van der Waals surface area contributed by atoms with Gasteiger partial charge in [0.2, 0.25) is 12.2 Å². The Morgan fingerprint density at radius 3 is 2.59 bits per heavy atom. The smallest absolute Gasteiger partial charge is 0.217 e. The number of hydrogen-bond acceptors (Lipinski definition) is 8. The molecule has 1 amide bonds. The van der Waals surface area contributed by atoms with Crippen LogP contribution in [-0.2, 0) is 19.4 Å². The molecule has 1 heterocycles. The highest BCUT2D eigenvalue weighted by Gasteiger charge is 2.46. The van der Waals surface area contributed by atoms with E-state index in [1.807, 2.05) is 0 Å². The third-order valence-electron chi connectivity index (χ3n) is 2.40. The number of nitrogens with two attached hydrogens (primary N) is 1. The molecule has 0 aromatic carbocycles. The lowest BCUT2D eigenvalue weighted by atomic mass is 9.97. The van der Waals surface area contributed by atoms with E-state index in [4.69, 9.17) is 15.7 Å². The van der Waals surface area contributed by atoms with Gasteiger partial charge in [0.15, 0.2) is 0 Å². The molecule has 0 saturated carbocycles. The van der Waals surface area contributed by atoms with E-state index in [1.165, 1.54) is 6.92 Å². The molecule has 1 saturated heterocycles. The van der Waals surface area contributed by atoms with Crippen LogP contribution in [0.4, 0.5) is 0 Å². The van der Waals surface area contributed by atoms with Gasteiger partial charge in [0.1, 0.15) is 24.4 Å². The molecule has 0 aromatic rings. The van der Waals surface area contributed by atoms with Crippen LogP contribution in [0.5, 0.6) is 0 Å². The minimum atomic E-state index is -1.38. The Morgan fingerprint density at radius 2 is 2.12 bits per heavy atom. The largest absolute Gasteiger partial charge is 0.394 e. The summed E-state index contributed by atoms with van der Waals surface area (Å²) >= 11 is 0. The van der Waals surface area contributed by atoms with Gasteiger partial charge in [-0.3, -0.25) is 4.79 Å². The normalized spacial score (nSPS) is 37.8. The third kappa shape index (κ3) is 3.33. The average Bonchev–Trinajstić information content (AvgIpc) is 2.28. The molecule has 100 valence electrons. The molecular formula is C8H16N2O7. The van der Waals surface area contributed by atoms with E-state index < -0.39 is 43.2 Å². The Balaban J connectivity index is 2.78. The lowest BCUT2D eigenvalue weighted by Gasteiger charge is -2.40. The number of aliphatic hydroxyl groups excluding tert-OH is 3. The van der Waals surface area contributed by atoms with Crippen molar-refractivity contribution in [3.05, 3.63) is 0 Å². The molecule has 1 fully saturated rings. The number of nitrogens with one attached hydrogen (secondary N) is 1. The molecule has 1 rings (SSSR count). The van der Waals surface area contributed by atoms with Crippen LogP contribution >= 0.6 is 0 Å². The van der Waals surface area contributed by atoms with Crippen LogP contribution in [0, 0.1) is 0 Å². The first-order valence-corrected chi connectivity index (χ1v) is 4.93. The van der Waals surface area contributed by atoms with E-state index in [0.29, 0.717) is 0 Å². The second-order valence-corrected chi connectivity index (χ2v) is 3.63. The maximum Gasteiger partial charge on any atom is 0.217 e. The van der Waals surface area contributed by atoms with Crippen LogP contribution in [0.2, 0.25) is 0 Å². The fourth-order valence-corrected chi connectivity index (χ4v) is 1.61. The fraction of sp³-hybridized carbons (Fsp3) is 0.875. The van der Waals surface area contributed by atoms with Crippen molar-refractivity contribution in [2.24, 2.45) is 5.90 Å². The molecule has 9 nitrogen and oxygen atoms in total. The molecule has 1 aliphatic heterocycles. The number of carbonyl (C=O) groups excluding carboxylic acids is 1. The van der Waals surface area contributed by atoms with Crippen LogP contribution in [0.3, 0.4) is 0 Å². The van der Waals surface area contributed by atoms with Crippen molar-refractivity contribution < 1.29 is 34.7 Å². The van der Waals surface area contributed by atoms with Gasteiger partial charge in [-0.2, -0.15) is 10.8 Å². The molecule has 0 unspecified atom stereocenters. The quantitative estimate of drug-likeness (QED) is 0.259. The van der Waals surface area contributed by atoms with Gasteiger partial charge in [-0.25, -0.2) is 0 Å². The molecule has 0 aliphatic carbocycles. The molecule has 6 N–H and O–H groups in total. The third-order valence-corrected chi connectivity index (χ3v) is 2.40. The number of rotatable bonds is 4. The van der Waals surface area contributed by atoms with Crippen molar-refractivity contribution in [3.63, 3.8) is 0 Å². The van der Waals surface area contributed by atoms with E-state index in [2.05, 4.69) is 15.2 Å². The Labute approximate surface area is 96.9 Å². The monoisotopic (exact) mass is 252 g/mol. The maximum absolute atomic E-state index is 10.9. The van der Waals surface area contributed by atoms with Crippen molar-refractivity contribution in [2.45, 2.75) is 37.6 Å². The number of amides is 1. The SMILES string of the molecule is CC(=O)N[C@H]1[C@@H](OON)O[C@H](CO)[C@H](O)[C@@H]1O. The second kappa shape index (κ2) is 6.21. The van der Waals surface area contributed by atoms with E-state index in [9.17, 15) is 15.0 Å². The van der Waals surface area contributed by atoms with Crippen molar-refractivity contribution >= 4 is 5.91 Å². The topological polar surface area (TPSA) is 144 Å². The summed E-state index contributed by atoms with van der Waals surface area (Å²) in [6.45, 7) is 0.688. The highest BCUT2D eigenvalue weighted by atomic mass is 17.3. The number of aliphatic hydroxyl groups is 3. The highest BCUT2D eigenvalue weighted by molar-refractivity contribution is 5.73. The summed E-state index contributed by atoms with van der Waals surface area (Å²) in [5.74, 6) is 4.24. The summed E-state index contributed by atoms with van der Waals surface area (Å²) in [5.41, 5.74) is 0. The summed E-state index contributed by atoms with van der Waals surface area (Å²) < 4.78 is 5.07. The number of ether oxygens (including phenoxy) is 1. The summed E-state index contributed by atoms with van der Waals surface area (Å²) in [6.07, 6.45) is -5.05. The predicted molar refractivity (Wildman–Crippen MR) is 51.7 cm³/mol. The molecule has 1 aliphatic rings. The highest BCUT2D eigenvalue weighted by Crippen LogP contribution is 2.21. The minimum Gasteiger partial charge on any atom is -0.394 e. The van der Waals surface area contributed by atoms with Crippen molar-refractivity contribution in [1.29, 1.82) is 0 Å². The summed E-state index contributed by atoms with van der Waals surface area (Å²) in [5, 5.41) is 30.6. The zero-order valence-corrected chi connectivity index (χ0v) is 9.15. The van der Waals surface area contributed by atoms with Crippen LogP contribution in [-0.4, -0.2) is 58.5 Å². The van der Waals surface area contributed by atoms with Gasteiger partial charge in [-0.1, -0.05) is 0 Å². The molecule has 5 atom stereocenters. The molecular weight excluding hydrogens is 236 g/mol.